The molecule has 0 unspecified atom stereocenters. The lowest BCUT2D eigenvalue weighted by molar-refractivity contribution is 0.275. The number of furan rings is 1. The monoisotopic (exact) mass is 233 g/mol. The molecule has 90 valence electrons. The van der Waals surface area contributed by atoms with Crippen molar-refractivity contribution in [1.82, 2.24) is 10.1 Å². The second-order valence-corrected chi connectivity index (χ2v) is 4.65. The second-order valence-electron chi connectivity index (χ2n) is 4.65. The van der Waals surface area contributed by atoms with Crippen LogP contribution in [0, 0.1) is 0 Å². The Bertz CT molecular complexity index is 484. The van der Waals surface area contributed by atoms with Crippen molar-refractivity contribution in [3.8, 4) is 11.5 Å². The van der Waals surface area contributed by atoms with Gasteiger partial charge < -0.3 is 14.7 Å². The Hall–Kier alpha value is -1.62. The normalized spacial score (nSPS) is 19.4. The van der Waals surface area contributed by atoms with Gasteiger partial charge in [-0.05, 0) is 18.9 Å². The van der Waals surface area contributed by atoms with Gasteiger partial charge in [-0.15, -0.1) is 0 Å². The molecular weight excluding hydrogens is 218 g/mol. The highest BCUT2D eigenvalue weighted by molar-refractivity contribution is 5.49. The van der Waals surface area contributed by atoms with Crippen LogP contribution in [0.25, 0.3) is 11.5 Å². The summed E-state index contributed by atoms with van der Waals surface area (Å²) in [5, 5.41) is 4.01. The van der Waals surface area contributed by atoms with Crippen LogP contribution in [0.1, 0.15) is 37.9 Å². The number of hydrogen-bond donors (Lipinski definition) is 1. The van der Waals surface area contributed by atoms with Crippen molar-refractivity contribution >= 4 is 0 Å². The van der Waals surface area contributed by atoms with E-state index < -0.39 is 5.54 Å². The molecule has 2 heterocycles. The molecule has 0 aromatic carbocycles. The summed E-state index contributed by atoms with van der Waals surface area (Å²) in [4.78, 5) is 4.39. The Morgan fingerprint density at radius 1 is 1.24 bits per heavy atom. The molecule has 2 aromatic rings. The van der Waals surface area contributed by atoms with E-state index in [1.54, 1.807) is 18.6 Å². The first-order valence-electron chi connectivity index (χ1n) is 5.94. The van der Waals surface area contributed by atoms with Crippen LogP contribution >= 0.6 is 0 Å². The van der Waals surface area contributed by atoms with Crippen molar-refractivity contribution in [2.75, 3.05) is 0 Å². The van der Waals surface area contributed by atoms with Crippen LogP contribution in [-0.2, 0) is 5.54 Å². The minimum Gasteiger partial charge on any atom is -0.472 e. The molecular formula is C12H15N3O2. The first-order chi connectivity index (χ1) is 8.28. The van der Waals surface area contributed by atoms with Crippen LogP contribution in [-0.4, -0.2) is 10.1 Å². The number of rotatable bonds is 2. The molecule has 17 heavy (non-hydrogen) atoms. The first kappa shape index (κ1) is 10.5. The fourth-order valence-corrected chi connectivity index (χ4v) is 2.34. The lowest BCUT2D eigenvalue weighted by Gasteiger charge is -2.29. The van der Waals surface area contributed by atoms with Gasteiger partial charge in [0, 0.05) is 0 Å². The molecule has 2 N–H and O–H groups in total. The third-order valence-corrected chi connectivity index (χ3v) is 3.39. The first-order valence-corrected chi connectivity index (χ1v) is 5.94. The van der Waals surface area contributed by atoms with E-state index in [-0.39, 0.29) is 0 Å². The lowest BCUT2D eigenvalue weighted by atomic mass is 9.82. The molecule has 0 aliphatic heterocycles. The zero-order valence-corrected chi connectivity index (χ0v) is 9.56. The molecule has 3 rings (SSSR count). The standard InChI is InChI=1S/C12H15N3O2/c13-12(5-2-1-3-6-12)11-14-10(17-15-11)9-4-7-16-8-9/h4,7-8H,1-3,5-6,13H2. The van der Waals surface area contributed by atoms with Gasteiger partial charge in [-0.2, -0.15) is 4.98 Å². The van der Waals surface area contributed by atoms with Gasteiger partial charge >= 0.3 is 0 Å². The highest BCUT2D eigenvalue weighted by atomic mass is 16.5. The summed E-state index contributed by atoms with van der Waals surface area (Å²) in [5.74, 6) is 1.09. The average Bonchev–Trinajstić information content (AvgIpc) is 3.01. The van der Waals surface area contributed by atoms with Gasteiger partial charge in [-0.3, -0.25) is 0 Å². The summed E-state index contributed by atoms with van der Waals surface area (Å²) in [5.41, 5.74) is 6.72. The molecule has 0 radical (unpaired) electrons. The third kappa shape index (κ3) is 1.86. The molecule has 0 amide bonds. The summed E-state index contributed by atoms with van der Waals surface area (Å²) >= 11 is 0. The van der Waals surface area contributed by atoms with Crippen LogP contribution in [0.4, 0.5) is 0 Å². The number of hydrogen-bond acceptors (Lipinski definition) is 5. The van der Waals surface area contributed by atoms with Gasteiger partial charge in [-0.25, -0.2) is 0 Å². The van der Waals surface area contributed by atoms with Crippen LogP contribution in [0.5, 0.6) is 0 Å². The molecule has 0 atom stereocenters. The van der Waals surface area contributed by atoms with Gasteiger partial charge in [0.25, 0.3) is 5.89 Å². The highest BCUT2D eigenvalue weighted by Crippen LogP contribution is 2.33. The molecule has 0 bridgehead atoms. The van der Waals surface area contributed by atoms with E-state index in [9.17, 15) is 0 Å². The maximum Gasteiger partial charge on any atom is 0.261 e. The van der Waals surface area contributed by atoms with Gasteiger partial charge in [0.15, 0.2) is 5.82 Å². The average molecular weight is 233 g/mol. The van der Waals surface area contributed by atoms with Gasteiger partial charge in [-0.1, -0.05) is 24.4 Å². The summed E-state index contributed by atoms with van der Waals surface area (Å²) in [6, 6.07) is 1.79. The largest absolute Gasteiger partial charge is 0.472 e. The van der Waals surface area contributed by atoms with E-state index in [0.29, 0.717) is 11.7 Å². The molecule has 1 saturated carbocycles. The Kier molecular flexibility index (Phi) is 2.48. The van der Waals surface area contributed by atoms with Gasteiger partial charge in [0.2, 0.25) is 0 Å². The molecule has 1 aliphatic carbocycles. The number of aromatic nitrogens is 2. The predicted molar refractivity (Wildman–Crippen MR) is 61.0 cm³/mol. The van der Waals surface area contributed by atoms with Crippen LogP contribution in [0.15, 0.2) is 27.5 Å². The smallest absolute Gasteiger partial charge is 0.261 e. The van der Waals surface area contributed by atoms with E-state index >= 15 is 0 Å². The Morgan fingerprint density at radius 2 is 2.06 bits per heavy atom. The minimum atomic E-state index is -0.413. The van der Waals surface area contributed by atoms with Crippen molar-refractivity contribution in [3.63, 3.8) is 0 Å². The Balaban J connectivity index is 1.89. The lowest BCUT2D eigenvalue weighted by Crippen LogP contribution is -2.39. The topological polar surface area (TPSA) is 78.1 Å². The van der Waals surface area contributed by atoms with E-state index in [4.69, 9.17) is 14.7 Å². The Labute approximate surface area is 99.0 Å². The quantitative estimate of drug-likeness (QED) is 0.861. The van der Waals surface area contributed by atoms with Gasteiger partial charge in [0.05, 0.1) is 17.4 Å². The summed E-state index contributed by atoms with van der Waals surface area (Å²) in [6.07, 6.45) is 8.53. The molecule has 5 heteroatoms. The fourth-order valence-electron chi connectivity index (χ4n) is 2.34. The zero-order chi connectivity index (χ0) is 11.7. The summed E-state index contributed by atoms with van der Waals surface area (Å²) in [7, 11) is 0. The summed E-state index contributed by atoms with van der Waals surface area (Å²) < 4.78 is 10.2. The molecule has 1 aliphatic rings. The van der Waals surface area contributed by atoms with Crippen molar-refractivity contribution in [3.05, 3.63) is 24.4 Å². The molecule has 2 aromatic heterocycles. The number of nitrogens with two attached hydrogens (primary N) is 1. The van der Waals surface area contributed by atoms with Crippen molar-refractivity contribution < 1.29 is 8.94 Å². The maximum atomic E-state index is 6.34. The SMILES string of the molecule is NC1(c2noc(-c3ccoc3)n2)CCCCC1. The van der Waals surface area contributed by atoms with E-state index in [1.807, 2.05) is 0 Å². The summed E-state index contributed by atoms with van der Waals surface area (Å²) in [6.45, 7) is 0. The van der Waals surface area contributed by atoms with Crippen molar-refractivity contribution in [2.24, 2.45) is 5.73 Å². The van der Waals surface area contributed by atoms with Crippen LogP contribution < -0.4 is 5.73 Å². The molecule has 1 fully saturated rings. The fraction of sp³-hybridized carbons (Fsp3) is 0.500. The highest BCUT2D eigenvalue weighted by Gasteiger charge is 2.34. The van der Waals surface area contributed by atoms with E-state index in [0.717, 1.165) is 31.2 Å². The molecule has 0 saturated heterocycles. The predicted octanol–water partition coefficient (Wildman–Crippen LogP) is 2.45. The van der Waals surface area contributed by atoms with Gasteiger partial charge in [0.1, 0.15) is 6.26 Å². The number of nitrogens with zero attached hydrogens (tertiary/aromatic N) is 2. The van der Waals surface area contributed by atoms with Crippen LogP contribution in [0.2, 0.25) is 0 Å². The van der Waals surface area contributed by atoms with E-state index in [2.05, 4.69) is 10.1 Å². The third-order valence-electron chi connectivity index (χ3n) is 3.39. The molecule has 5 nitrogen and oxygen atoms in total. The zero-order valence-electron chi connectivity index (χ0n) is 9.56. The Morgan fingerprint density at radius 3 is 2.76 bits per heavy atom. The van der Waals surface area contributed by atoms with Crippen molar-refractivity contribution in [2.45, 2.75) is 37.6 Å². The van der Waals surface area contributed by atoms with Crippen LogP contribution in [0.3, 0.4) is 0 Å². The minimum absolute atomic E-state index is 0.413. The molecule has 0 spiro atoms. The maximum absolute atomic E-state index is 6.34. The van der Waals surface area contributed by atoms with Crippen molar-refractivity contribution in [1.29, 1.82) is 0 Å². The second kappa shape index (κ2) is 4.00. The van der Waals surface area contributed by atoms with E-state index in [1.165, 1.54) is 6.42 Å².